The zero-order valence-corrected chi connectivity index (χ0v) is 13.2. The van der Waals surface area contributed by atoms with Gasteiger partial charge in [0.15, 0.2) is 17.8 Å². The second-order valence-electron chi connectivity index (χ2n) is 4.95. The number of aldehydes is 2. The first-order chi connectivity index (χ1) is 11.6. The van der Waals surface area contributed by atoms with E-state index in [4.69, 9.17) is 20.9 Å². The lowest BCUT2D eigenvalue weighted by atomic mass is 10.0. The Kier molecular flexibility index (Phi) is 5.67. The average Bonchev–Trinajstić information content (AvgIpc) is 2.58. The number of benzene rings is 1. The summed E-state index contributed by atoms with van der Waals surface area (Å²) >= 11 is 0. The van der Waals surface area contributed by atoms with E-state index in [1.165, 1.54) is 7.11 Å². The van der Waals surface area contributed by atoms with Crippen LogP contribution >= 0.6 is 0 Å². The third-order valence-corrected chi connectivity index (χ3v) is 3.28. The monoisotopic (exact) mass is 330 g/mol. The Labute approximate surface area is 138 Å². The molecule has 0 amide bonds. The van der Waals surface area contributed by atoms with Crippen LogP contribution < -0.4 is 20.9 Å². The lowest BCUT2D eigenvalue weighted by molar-refractivity contribution is -0.108. The first-order valence-corrected chi connectivity index (χ1v) is 7.18. The van der Waals surface area contributed by atoms with Crippen molar-refractivity contribution in [1.82, 2.24) is 9.97 Å². The lowest BCUT2D eigenvalue weighted by Crippen LogP contribution is -2.06. The van der Waals surface area contributed by atoms with Crippen LogP contribution in [0.15, 0.2) is 18.3 Å². The van der Waals surface area contributed by atoms with Crippen LogP contribution in [-0.2, 0) is 11.2 Å². The number of hydrogen-bond acceptors (Lipinski definition) is 8. The summed E-state index contributed by atoms with van der Waals surface area (Å²) in [6.45, 7) is 0.165. The van der Waals surface area contributed by atoms with Gasteiger partial charge in [0.25, 0.3) is 0 Å². The number of nitrogens with zero attached hydrogens (tertiary/aromatic N) is 2. The summed E-state index contributed by atoms with van der Waals surface area (Å²) in [5.74, 6) is 1.08. The molecule has 8 heteroatoms. The molecule has 0 aliphatic rings. The summed E-state index contributed by atoms with van der Waals surface area (Å²) in [7, 11) is 1.47. The largest absolute Gasteiger partial charge is 0.493 e. The van der Waals surface area contributed by atoms with Crippen LogP contribution in [0.5, 0.6) is 11.5 Å². The fourth-order valence-corrected chi connectivity index (χ4v) is 2.18. The molecule has 0 atom stereocenters. The van der Waals surface area contributed by atoms with Gasteiger partial charge in [-0.15, -0.1) is 0 Å². The van der Waals surface area contributed by atoms with E-state index < -0.39 is 0 Å². The van der Waals surface area contributed by atoms with Crippen molar-refractivity contribution in [2.45, 2.75) is 12.8 Å². The van der Waals surface area contributed by atoms with Crippen molar-refractivity contribution < 1.29 is 19.1 Å². The number of ether oxygens (including phenoxy) is 2. The van der Waals surface area contributed by atoms with Gasteiger partial charge in [-0.3, -0.25) is 4.79 Å². The molecule has 0 aliphatic heterocycles. The molecule has 126 valence electrons. The second-order valence-corrected chi connectivity index (χ2v) is 4.95. The number of anilines is 2. The molecule has 0 unspecified atom stereocenters. The van der Waals surface area contributed by atoms with Gasteiger partial charge in [0, 0.05) is 24.6 Å². The molecule has 4 N–H and O–H groups in total. The molecular weight excluding hydrogens is 312 g/mol. The van der Waals surface area contributed by atoms with E-state index in [1.807, 2.05) is 0 Å². The summed E-state index contributed by atoms with van der Waals surface area (Å²) < 4.78 is 10.8. The Morgan fingerprint density at radius 2 is 2.04 bits per heavy atom. The summed E-state index contributed by atoms with van der Waals surface area (Å²) in [5, 5.41) is 0. The van der Waals surface area contributed by atoms with Crippen molar-refractivity contribution in [3.8, 4) is 11.5 Å². The number of rotatable bonds is 8. The molecule has 24 heavy (non-hydrogen) atoms. The highest BCUT2D eigenvalue weighted by Gasteiger charge is 2.14. The Bertz CT molecular complexity index is 749. The third-order valence-electron chi connectivity index (χ3n) is 3.28. The van der Waals surface area contributed by atoms with Crippen LogP contribution in [-0.4, -0.2) is 36.3 Å². The van der Waals surface area contributed by atoms with Crippen LogP contribution in [0, 0.1) is 0 Å². The number of aromatic nitrogens is 2. The smallest absolute Gasteiger partial charge is 0.221 e. The van der Waals surface area contributed by atoms with Crippen molar-refractivity contribution in [2.75, 3.05) is 25.2 Å². The Balaban J connectivity index is 2.34. The molecule has 0 saturated carbocycles. The number of methoxy groups -OCH3 is 1. The average molecular weight is 330 g/mol. The molecule has 0 fully saturated rings. The van der Waals surface area contributed by atoms with E-state index in [0.29, 0.717) is 35.3 Å². The van der Waals surface area contributed by atoms with Crippen molar-refractivity contribution in [2.24, 2.45) is 0 Å². The van der Waals surface area contributed by atoms with Crippen LogP contribution in [0.3, 0.4) is 0 Å². The van der Waals surface area contributed by atoms with Crippen molar-refractivity contribution in [1.29, 1.82) is 0 Å². The summed E-state index contributed by atoms with van der Waals surface area (Å²) in [6, 6.07) is 3.40. The van der Waals surface area contributed by atoms with E-state index in [9.17, 15) is 9.59 Å². The Hall–Kier alpha value is -3.16. The van der Waals surface area contributed by atoms with E-state index in [2.05, 4.69) is 9.97 Å². The fraction of sp³-hybridized carbons (Fsp3) is 0.250. The predicted octanol–water partition coefficient (Wildman–Crippen LogP) is 1.02. The topological polar surface area (TPSA) is 130 Å². The van der Waals surface area contributed by atoms with Gasteiger partial charge in [-0.25, -0.2) is 4.98 Å². The Morgan fingerprint density at radius 3 is 2.67 bits per heavy atom. The van der Waals surface area contributed by atoms with Gasteiger partial charge in [0.2, 0.25) is 5.95 Å². The second kappa shape index (κ2) is 7.91. The first kappa shape index (κ1) is 17.2. The maximum atomic E-state index is 11.4. The quantitative estimate of drug-likeness (QED) is 0.542. The molecule has 0 saturated heterocycles. The molecule has 0 spiro atoms. The molecule has 0 bridgehead atoms. The van der Waals surface area contributed by atoms with Gasteiger partial charge in [0.05, 0.1) is 19.3 Å². The maximum Gasteiger partial charge on any atom is 0.221 e. The molecule has 0 radical (unpaired) electrons. The summed E-state index contributed by atoms with van der Waals surface area (Å²) in [5.41, 5.74) is 13.1. The minimum absolute atomic E-state index is 0.0985. The van der Waals surface area contributed by atoms with Crippen LogP contribution in [0.4, 0.5) is 11.8 Å². The van der Waals surface area contributed by atoms with Gasteiger partial charge in [-0.05, 0) is 17.7 Å². The minimum atomic E-state index is 0.0985. The van der Waals surface area contributed by atoms with E-state index in [1.54, 1.807) is 18.3 Å². The number of nitrogen functional groups attached to an aromatic ring is 2. The summed E-state index contributed by atoms with van der Waals surface area (Å²) in [6.07, 6.45) is 3.58. The highest BCUT2D eigenvalue weighted by atomic mass is 16.5. The zero-order chi connectivity index (χ0) is 17.5. The number of carbonyl (C=O) groups excluding carboxylic acids is 2. The van der Waals surface area contributed by atoms with Gasteiger partial charge >= 0.3 is 0 Å². The molecule has 1 aromatic heterocycles. The molecule has 2 rings (SSSR count). The molecule has 2 aromatic rings. The maximum absolute atomic E-state index is 11.4. The first-order valence-electron chi connectivity index (χ1n) is 7.18. The minimum Gasteiger partial charge on any atom is -0.493 e. The van der Waals surface area contributed by atoms with Crippen LogP contribution in [0.2, 0.25) is 0 Å². The van der Waals surface area contributed by atoms with Crippen molar-refractivity contribution >= 4 is 24.3 Å². The van der Waals surface area contributed by atoms with Crippen LogP contribution in [0.1, 0.15) is 27.9 Å². The van der Waals surface area contributed by atoms with E-state index in [-0.39, 0.29) is 24.8 Å². The molecule has 8 nitrogen and oxygen atoms in total. The van der Waals surface area contributed by atoms with Gasteiger partial charge in [0.1, 0.15) is 12.1 Å². The molecular formula is C16H18N4O4. The highest BCUT2D eigenvalue weighted by molar-refractivity contribution is 5.82. The molecule has 1 aromatic carbocycles. The SMILES string of the molecule is COc1cc(Cc2cnc(N)nc2N)cc(C=O)c1OCCC=O. The number of hydrogen-bond donors (Lipinski definition) is 2. The predicted molar refractivity (Wildman–Crippen MR) is 88.2 cm³/mol. The Morgan fingerprint density at radius 1 is 1.25 bits per heavy atom. The zero-order valence-electron chi connectivity index (χ0n) is 13.2. The van der Waals surface area contributed by atoms with Gasteiger partial charge in [-0.2, -0.15) is 4.98 Å². The molecule has 1 heterocycles. The standard InChI is InChI=1S/C16H18N4O4/c1-23-13-7-10(5-11-8-19-16(18)20-15(11)17)6-12(9-22)14(13)24-4-2-3-21/h3,6-9H,2,4-5H2,1H3,(H4,17,18,19,20). The van der Waals surface area contributed by atoms with Gasteiger partial charge < -0.3 is 25.7 Å². The lowest BCUT2D eigenvalue weighted by Gasteiger charge is -2.14. The summed E-state index contributed by atoms with van der Waals surface area (Å²) in [4.78, 5) is 29.6. The number of carbonyl (C=O) groups is 2. The van der Waals surface area contributed by atoms with E-state index in [0.717, 1.165) is 11.8 Å². The normalized spacial score (nSPS) is 10.2. The number of nitrogens with two attached hydrogens (primary N) is 2. The van der Waals surface area contributed by atoms with Crippen molar-refractivity contribution in [3.63, 3.8) is 0 Å². The third kappa shape index (κ3) is 3.97. The van der Waals surface area contributed by atoms with E-state index >= 15 is 0 Å². The highest BCUT2D eigenvalue weighted by Crippen LogP contribution is 2.33. The fourth-order valence-electron chi connectivity index (χ4n) is 2.18. The molecule has 0 aliphatic carbocycles. The van der Waals surface area contributed by atoms with Crippen LogP contribution in [0.25, 0.3) is 0 Å². The van der Waals surface area contributed by atoms with Gasteiger partial charge in [-0.1, -0.05) is 0 Å². The van der Waals surface area contributed by atoms with Crippen molar-refractivity contribution in [3.05, 3.63) is 35.0 Å².